The number of benzene rings is 1. The van der Waals surface area contributed by atoms with Crippen molar-refractivity contribution in [2.24, 2.45) is 5.92 Å². The van der Waals surface area contributed by atoms with Gasteiger partial charge in [0.25, 0.3) is 0 Å². The fourth-order valence-corrected chi connectivity index (χ4v) is 2.45. The molecule has 1 aromatic rings. The van der Waals surface area contributed by atoms with Crippen LogP contribution >= 0.6 is 0 Å². The maximum absolute atomic E-state index is 12.1. The molecule has 0 saturated carbocycles. The minimum Gasteiger partial charge on any atom is -0.496 e. The van der Waals surface area contributed by atoms with E-state index in [1.54, 1.807) is 7.11 Å². The monoisotopic (exact) mass is 262 g/mol. The molecule has 2 rings (SSSR count). The lowest BCUT2D eigenvalue weighted by Crippen LogP contribution is -2.38. The highest BCUT2D eigenvalue weighted by atomic mass is 16.5. The molecule has 0 bridgehead atoms. The molecule has 0 spiro atoms. The smallest absolute Gasteiger partial charge is 0.223 e. The molecule has 1 fully saturated rings. The summed E-state index contributed by atoms with van der Waals surface area (Å²) in [6.45, 7) is 2.55. The van der Waals surface area contributed by atoms with E-state index in [-0.39, 0.29) is 11.8 Å². The number of carbonyl (C=O) groups is 1. The summed E-state index contributed by atoms with van der Waals surface area (Å²) in [6.07, 6.45) is 1.91. The number of methoxy groups -OCH3 is 1. The highest BCUT2D eigenvalue weighted by Gasteiger charge is 2.23. The van der Waals surface area contributed by atoms with E-state index in [9.17, 15) is 4.79 Å². The van der Waals surface area contributed by atoms with E-state index in [1.165, 1.54) is 0 Å². The van der Waals surface area contributed by atoms with Crippen molar-refractivity contribution in [1.82, 2.24) is 10.2 Å². The highest BCUT2D eigenvalue weighted by molar-refractivity contribution is 5.78. The SMILES string of the molecule is COc1ccccc1CNC(=O)C1CCN(C)CC1. The van der Waals surface area contributed by atoms with Gasteiger partial charge in [0.2, 0.25) is 5.91 Å². The van der Waals surface area contributed by atoms with Gasteiger partial charge in [0.15, 0.2) is 0 Å². The highest BCUT2D eigenvalue weighted by Crippen LogP contribution is 2.19. The van der Waals surface area contributed by atoms with Gasteiger partial charge in [-0.2, -0.15) is 0 Å². The first-order valence-corrected chi connectivity index (χ1v) is 6.79. The second-order valence-corrected chi connectivity index (χ2v) is 5.11. The van der Waals surface area contributed by atoms with Crippen LogP contribution in [0.3, 0.4) is 0 Å². The minimum atomic E-state index is 0.158. The number of nitrogens with zero attached hydrogens (tertiary/aromatic N) is 1. The first-order valence-electron chi connectivity index (χ1n) is 6.79. The van der Waals surface area contributed by atoms with Crippen LogP contribution in [0.1, 0.15) is 18.4 Å². The summed E-state index contributed by atoms with van der Waals surface area (Å²) in [5.41, 5.74) is 1.02. The number of rotatable bonds is 4. The van der Waals surface area contributed by atoms with E-state index in [1.807, 2.05) is 24.3 Å². The maximum Gasteiger partial charge on any atom is 0.223 e. The average Bonchev–Trinajstić information content (AvgIpc) is 2.45. The third-order valence-corrected chi connectivity index (χ3v) is 3.73. The second kappa shape index (κ2) is 6.57. The van der Waals surface area contributed by atoms with Gasteiger partial charge < -0.3 is 15.0 Å². The van der Waals surface area contributed by atoms with E-state index in [2.05, 4.69) is 17.3 Å². The molecule has 19 heavy (non-hydrogen) atoms. The first-order chi connectivity index (χ1) is 9.20. The molecular weight excluding hydrogens is 240 g/mol. The Morgan fingerprint density at radius 1 is 1.37 bits per heavy atom. The lowest BCUT2D eigenvalue weighted by molar-refractivity contribution is -0.126. The Morgan fingerprint density at radius 2 is 2.05 bits per heavy atom. The standard InChI is InChI=1S/C15H22N2O2/c1-17-9-7-12(8-10-17)15(18)16-11-13-5-3-4-6-14(13)19-2/h3-6,12H,7-11H2,1-2H3,(H,16,18). The van der Waals surface area contributed by atoms with E-state index in [4.69, 9.17) is 4.74 Å². The molecule has 1 aromatic carbocycles. The average molecular weight is 262 g/mol. The van der Waals surface area contributed by atoms with Gasteiger partial charge in [-0.05, 0) is 39.0 Å². The normalized spacial score (nSPS) is 17.2. The van der Waals surface area contributed by atoms with Crippen molar-refractivity contribution in [2.75, 3.05) is 27.2 Å². The predicted molar refractivity (Wildman–Crippen MR) is 75.1 cm³/mol. The van der Waals surface area contributed by atoms with Gasteiger partial charge in [-0.3, -0.25) is 4.79 Å². The predicted octanol–water partition coefficient (Wildman–Crippen LogP) is 1.65. The van der Waals surface area contributed by atoms with Crippen LogP contribution in [-0.4, -0.2) is 38.1 Å². The zero-order valence-corrected chi connectivity index (χ0v) is 11.7. The molecule has 1 aliphatic heterocycles. The Balaban J connectivity index is 1.86. The lowest BCUT2D eigenvalue weighted by Gasteiger charge is -2.28. The molecule has 1 aliphatic rings. The first kappa shape index (κ1) is 13.9. The van der Waals surface area contributed by atoms with E-state index >= 15 is 0 Å². The van der Waals surface area contributed by atoms with E-state index < -0.39 is 0 Å². The van der Waals surface area contributed by atoms with Crippen molar-refractivity contribution in [1.29, 1.82) is 0 Å². The van der Waals surface area contributed by atoms with E-state index in [0.29, 0.717) is 6.54 Å². The van der Waals surface area contributed by atoms with Gasteiger partial charge in [0.05, 0.1) is 7.11 Å². The van der Waals surface area contributed by atoms with Crippen molar-refractivity contribution >= 4 is 5.91 Å². The Labute approximate surface area is 114 Å². The number of para-hydroxylation sites is 1. The Hall–Kier alpha value is -1.55. The van der Waals surface area contributed by atoms with E-state index in [0.717, 1.165) is 37.2 Å². The van der Waals surface area contributed by atoms with Gasteiger partial charge in [-0.25, -0.2) is 0 Å². The lowest BCUT2D eigenvalue weighted by atomic mass is 9.96. The molecule has 0 atom stereocenters. The fraction of sp³-hybridized carbons (Fsp3) is 0.533. The largest absolute Gasteiger partial charge is 0.496 e. The topological polar surface area (TPSA) is 41.6 Å². The van der Waals surface area contributed by atoms with Crippen molar-refractivity contribution in [3.8, 4) is 5.75 Å². The maximum atomic E-state index is 12.1. The summed E-state index contributed by atoms with van der Waals surface area (Å²) in [4.78, 5) is 14.4. The molecule has 0 aromatic heterocycles. The molecule has 4 heteroatoms. The second-order valence-electron chi connectivity index (χ2n) is 5.11. The molecule has 1 saturated heterocycles. The minimum absolute atomic E-state index is 0.158. The number of hydrogen-bond acceptors (Lipinski definition) is 3. The van der Waals surface area contributed by atoms with Crippen LogP contribution in [0, 0.1) is 5.92 Å². The molecule has 1 heterocycles. The van der Waals surface area contributed by atoms with Crippen molar-refractivity contribution in [3.63, 3.8) is 0 Å². The molecule has 4 nitrogen and oxygen atoms in total. The van der Waals surface area contributed by atoms with Gasteiger partial charge in [-0.15, -0.1) is 0 Å². The molecule has 0 aliphatic carbocycles. The summed E-state index contributed by atoms with van der Waals surface area (Å²) in [6, 6.07) is 7.78. The third-order valence-electron chi connectivity index (χ3n) is 3.73. The van der Waals surface area contributed by atoms with Gasteiger partial charge in [0.1, 0.15) is 5.75 Å². The van der Waals surface area contributed by atoms with Crippen LogP contribution < -0.4 is 10.1 Å². The Morgan fingerprint density at radius 3 is 2.74 bits per heavy atom. The number of carbonyl (C=O) groups excluding carboxylic acids is 1. The Bertz CT molecular complexity index is 426. The summed E-state index contributed by atoms with van der Waals surface area (Å²) in [5.74, 6) is 1.15. The zero-order chi connectivity index (χ0) is 13.7. The molecule has 1 N–H and O–H groups in total. The Kier molecular flexibility index (Phi) is 4.80. The summed E-state index contributed by atoms with van der Waals surface area (Å²) < 4.78 is 5.28. The van der Waals surface area contributed by atoms with Gasteiger partial charge >= 0.3 is 0 Å². The van der Waals surface area contributed by atoms with Crippen LogP contribution in [0.4, 0.5) is 0 Å². The van der Waals surface area contributed by atoms with Crippen LogP contribution in [0.25, 0.3) is 0 Å². The number of nitrogens with one attached hydrogen (secondary N) is 1. The molecule has 1 amide bonds. The van der Waals surface area contributed by atoms with Gasteiger partial charge in [0, 0.05) is 18.0 Å². The summed E-state index contributed by atoms with van der Waals surface area (Å²) >= 11 is 0. The number of ether oxygens (including phenoxy) is 1. The number of hydrogen-bond donors (Lipinski definition) is 1. The molecular formula is C15H22N2O2. The summed E-state index contributed by atoms with van der Waals surface area (Å²) in [5, 5.41) is 3.02. The zero-order valence-electron chi connectivity index (χ0n) is 11.7. The van der Waals surface area contributed by atoms with Crippen LogP contribution in [0.2, 0.25) is 0 Å². The quantitative estimate of drug-likeness (QED) is 0.897. The van der Waals surface area contributed by atoms with Crippen molar-refractivity contribution < 1.29 is 9.53 Å². The molecule has 104 valence electrons. The number of amides is 1. The number of likely N-dealkylation sites (tertiary alicyclic amines) is 1. The van der Waals surface area contributed by atoms with Crippen LogP contribution in [0.15, 0.2) is 24.3 Å². The molecule has 0 radical (unpaired) electrons. The third kappa shape index (κ3) is 3.70. The fourth-order valence-electron chi connectivity index (χ4n) is 2.45. The van der Waals surface area contributed by atoms with Crippen LogP contribution in [-0.2, 0) is 11.3 Å². The van der Waals surface area contributed by atoms with Gasteiger partial charge in [-0.1, -0.05) is 18.2 Å². The van der Waals surface area contributed by atoms with Crippen molar-refractivity contribution in [2.45, 2.75) is 19.4 Å². The molecule has 0 unspecified atom stereocenters. The van der Waals surface area contributed by atoms with Crippen molar-refractivity contribution in [3.05, 3.63) is 29.8 Å². The van der Waals surface area contributed by atoms with Crippen LogP contribution in [0.5, 0.6) is 5.75 Å². The summed E-state index contributed by atoms with van der Waals surface area (Å²) in [7, 11) is 3.75. The number of piperidine rings is 1.